The van der Waals surface area contributed by atoms with Gasteiger partial charge in [0.15, 0.2) is 0 Å². The van der Waals surface area contributed by atoms with Crippen LogP contribution in [0, 0.1) is 40.9 Å². The van der Waals surface area contributed by atoms with Gasteiger partial charge in [-0.05, 0) is 80.6 Å². The molecule has 0 aliphatic heterocycles. The summed E-state index contributed by atoms with van der Waals surface area (Å²) in [6.45, 7) is -0.0838. The Kier molecular flexibility index (Phi) is 6.18. The van der Waals surface area contributed by atoms with E-state index in [1.165, 1.54) is 32.1 Å². The van der Waals surface area contributed by atoms with Crippen molar-refractivity contribution in [2.45, 2.75) is 70.3 Å². The van der Waals surface area contributed by atoms with Crippen molar-refractivity contribution in [1.82, 2.24) is 0 Å². The van der Waals surface area contributed by atoms with Crippen LogP contribution >= 0.6 is 7.82 Å². The van der Waals surface area contributed by atoms with E-state index in [4.69, 9.17) is 19.0 Å². The number of hydrogen-bond acceptors (Lipinski definition) is 5. The van der Waals surface area contributed by atoms with Gasteiger partial charge in [-0.2, -0.15) is 5.26 Å². The Morgan fingerprint density at radius 1 is 1.14 bits per heavy atom. The Morgan fingerprint density at radius 2 is 1.82 bits per heavy atom. The minimum absolute atomic E-state index is 0.0753. The van der Waals surface area contributed by atoms with E-state index in [0.717, 1.165) is 36.9 Å². The Balaban J connectivity index is 1.45. The molecule has 5 aliphatic rings. The highest BCUT2D eigenvalue weighted by molar-refractivity contribution is 7.47. The minimum atomic E-state index is -4.12. The van der Waals surface area contributed by atoms with E-state index in [0.29, 0.717) is 18.3 Å². The first kappa shape index (κ1) is 20.4. The molecule has 0 aromatic heterocycles. The quantitative estimate of drug-likeness (QED) is 0.364. The van der Waals surface area contributed by atoms with E-state index in [1.807, 2.05) is 6.07 Å². The molecule has 0 saturated heterocycles. The lowest BCUT2D eigenvalue weighted by atomic mass is 9.53. The zero-order valence-electron chi connectivity index (χ0n) is 16.7. The Bertz CT molecular complexity index is 669. The summed E-state index contributed by atoms with van der Waals surface area (Å²) in [7, 11) is -2.33. The Morgan fingerprint density at radius 3 is 2.43 bits per heavy atom. The number of rotatable bonds is 7. The van der Waals surface area contributed by atoms with Gasteiger partial charge in [-0.15, -0.1) is 0 Å². The fourth-order valence-electron chi connectivity index (χ4n) is 6.52. The van der Waals surface area contributed by atoms with Crippen LogP contribution < -0.4 is 0 Å². The van der Waals surface area contributed by atoms with E-state index < -0.39 is 7.82 Å². The molecule has 5 saturated carbocycles. The largest absolute Gasteiger partial charge is 0.501 e. The van der Waals surface area contributed by atoms with E-state index in [9.17, 15) is 9.46 Å². The van der Waals surface area contributed by atoms with E-state index in [1.54, 1.807) is 12.7 Å². The van der Waals surface area contributed by atoms with E-state index in [-0.39, 0.29) is 25.0 Å². The normalized spacial score (nSPS) is 38.7. The van der Waals surface area contributed by atoms with Crippen LogP contribution in [0.2, 0.25) is 0 Å². The summed E-state index contributed by atoms with van der Waals surface area (Å²) in [5.41, 5.74) is 1.57. The van der Waals surface area contributed by atoms with Gasteiger partial charge in [-0.3, -0.25) is 9.05 Å². The van der Waals surface area contributed by atoms with Gasteiger partial charge in [-0.1, -0.05) is 6.42 Å². The molecule has 5 fully saturated rings. The Labute approximate surface area is 167 Å². The first-order valence-corrected chi connectivity index (χ1v) is 12.3. The van der Waals surface area contributed by atoms with Crippen LogP contribution in [0.5, 0.6) is 0 Å². The van der Waals surface area contributed by atoms with Crippen molar-refractivity contribution in [2.75, 3.05) is 13.7 Å². The van der Waals surface area contributed by atoms with Crippen LogP contribution in [-0.4, -0.2) is 24.7 Å². The smallest absolute Gasteiger partial charge is 0.472 e. The van der Waals surface area contributed by atoms with Crippen molar-refractivity contribution in [3.05, 3.63) is 11.3 Å². The fourth-order valence-corrected chi connectivity index (χ4v) is 7.47. The molecule has 28 heavy (non-hydrogen) atoms. The third-order valence-electron chi connectivity index (χ3n) is 7.27. The maximum atomic E-state index is 12.2. The van der Waals surface area contributed by atoms with Crippen molar-refractivity contribution in [1.29, 1.82) is 5.26 Å². The second-order valence-corrected chi connectivity index (χ2v) is 10.5. The molecule has 156 valence electrons. The number of allylic oxidation sites excluding steroid dienone is 2. The first-order chi connectivity index (χ1) is 13.5. The molecule has 0 amide bonds. The maximum absolute atomic E-state index is 12.2. The summed E-state index contributed by atoms with van der Waals surface area (Å²) in [4.78, 5) is 9.95. The minimum Gasteiger partial charge on any atom is -0.501 e. The zero-order chi connectivity index (χ0) is 19.7. The van der Waals surface area contributed by atoms with Crippen LogP contribution in [0.25, 0.3) is 0 Å². The summed E-state index contributed by atoms with van der Waals surface area (Å²) in [6.07, 6.45) is 9.93. The number of ether oxygens (including phenoxy) is 1. The van der Waals surface area contributed by atoms with Crippen molar-refractivity contribution in [3.8, 4) is 6.07 Å². The van der Waals surface area contributed by atoms with Crippen LogP contribution in [0.1, 0.15) is 64.2 Å². The number of phosphoric acid groups is 1. The van der Waals surface area contributed by atoms with Crippen molar-refractivity contribution in [2.24, 2.45) is 29.6 Å². The highest BCUT2D eigenvalue weighted by atomic mass is 31.2. The van der Waals surface area contributed by atoms with Crippen molar-refractivity contribution >= 4 is 7.82 Å². The molecule has 0 aromatic rings. The maximum Gasteiger partial charge on any atom is 0.472 e. The number of hydrogen-bond donors (Lipinski definition) is 1. The SMILES string of the molecule is COC(=C1C2CC3CC(C2)CC1C3)C1CCCC(OP(=O)(O)OCCC#N)C1. The van der Waals surface area contributed by atoms with Crippen molar-refractivity contribution in [3.63, 3.8) is 0 Å². The predicted octanol–water partition coefficient (Wildman–Crippen LogP) is 4.95. The van der Waals surface area contributed by atoms with Gasteiger partial charge in [-0.25, -0.2) is 4.57 Å². The molecule has 0 heterocycles. The van der Waals surface area contributed by atoms with Gasteiger partial charge >= 0.3 is 7.82 Å². The second kappa shape index (κ2) is 8.48. The molecule has 3 unspecified atom stereocenters. The van der Waals surface area contributed by atoms with Crippen molar-refractivity contribution < 1.29 is 23.2 Å². The molecule has 0 radical (unpaired) electrons. The fraction of sp³-hybridized carbons (Fsp3) is 0.857. The van der Waals surface area contributed by atoms with Crippen LogP contribution in [-0.2, 0) is 18.3 Å². The van der Waals surface area contributed by atoms with Gasteiger partial charge in [0.05, 0.1) is 38.1 Å². The molecule has 4 bridgehead atoms. The van der Waals surface area contributed by atoms with Gasteiger partial charge in [0.2, 0.25) is 0 Å². The molecule has 0 spiro atoms. The zero-order valence-corrected chi connectivity index (χ0v) is 17.6. The summed E-state index contributed by atoms with van der Waals surface area (Å²) in [5, 5.41) is 8.56. The number of methoxy groups -OCH3 is 1. The molecule has 6 nitrogen and oxygen atoms in total. The van der Waals surface area contributed by atoms with Gasteiger partial charge in [0, 0.05) is 5.92 Å². The number of nitrogens with zero attached hydrogens (tertiary/aromatic N) is 1. The summed E-state index contributed by atoms with van der Waals surface area (Å²) in [6, 6.07) is 1.90. The summed E-state index contributed by atoms with van der Waals surface area (Å²) < 4.78 is 28.5. The average Bonchev–Trinajstić information content (AvgIpc) is 2.64. The summed E-state index contributed by atoms with van der Waals surface area (Å²) >= 11 is 0. The molecule has 7 heteroatoms. The molecule has 5 rings (SSSR count). The molecule has 5 aliphatic carbocycles. The van der Waals surface area contributed by atoms with Gasteiger partial charge < -0.3 is 9.63 Å². The molecular formula is C21H32NO5P. The lowest BCUT2D eigenvalue weighted by Crippen LogP contribution is -2.41. The van der Waals surface area contributed by atoms with E-state index in [2.05, 4.69) is 0 Å². The lowest BCUT2D eigenvalue weighted by Gasteiger charge is -2.52. The molecule has 0 aromatic carbocycles. The monoisotopic (exact) mass is 409 g/mol. The standard InChI is InChI=1S/C21H32NO5P/c1-25-21(20-17-9-14-8-15(11-17)12-18(20)10-14)16-4-2-5-19(13-16)27-28(23,24)26-7-3-6-22/h14-19H,2-5,7-13H2,1H3,(H,23,24). The summed E-state index contributed by atoms with van der Waals surface area (Å²) in [5.74, 6) is 4.61. The lowest BCUT2D eigenvalue weighted by molar-refractivity contribution is 0.0447. The van der Waals surface area contributed by atoms with Crippen LogP contribution in [0.15, 0.2) is 11.3 Å². The van der Waals surface area contributed by atoms with Gasteiger partial charge in [0.25, 0.3) is 0 Å². The topological polar surface area (TPSA) is 88.8 Å². The van der Waals surface area contributed by atoms with Crippen LogP contribution in [0.3, 0.4) is 0 Å². The molecule has 3 atom stereocenters. The predicted molar refractivity (Wildman–Crippen MR) is 104 cm³/mol. The molecular weight excluding hydrogens is 377 g/mol. The third-order valence-corrected chi connectivity index (χ3v) is 8.34. The second-order valence-electron chi connectivity index (χ2n) is 9.13. The number of nitriles is 1. The first-order valence-electron chi connectivity index (χ1n) is 10.8. The number of phosphoric ester groups is 1. The Hall–Kier alpha value is -0.860. The van der Waals surface area contributed by atoms with E-state index >= 15 is 0 Å². The highest BCUT2D eigenvalue weighted by Gasteiger charge is 2.47. The van der Waals surface area contributed by atoms with Gasteiger partial charge in [0.1, 0.15) is 0 Å². The molecule has 1 N–H and O–H groups in total. The van der Waals surface area contributed by atoms with Crippen LogP contribution in [0.4, 0.5) is 0 Å². The third kappa shape index (κ3) is 4.33. The average molecular weight is 409 g/mol. The highest BCUT2D eigenvalue weighted by Crippen LogP contribution is 2.58.